The zero-order valence-electron chi connectivity index (χ0n) is 16.6. The number of carbonyl (C=O) groups excluding carboxylic acids is 1. The quantitative estimate of drug-likeness (QED) is 0.641. The Kier molecular flexibility index (Phi) is 8.47. The fourth-order valence-corrected chi connectivity index (χ4v) is 2.68. The van der Waals surface area contributed by atoms with Crippen molar-refractivity contribution in [2.75, 3.05) is 34.4 Å². The molecular formula is C22H27N3O3. The van der Waals surface area contributed by atoms with E-state index in [4.69, 9.17) is 14.7 Å². The van der Waals surface area contributed by atoms with Crippen LogP contribution in [0.5, 0.6) is 5.75 Å². The molecule has 1 unspecified atom stereocenters. The highest BCUT2D eigenvalue weighted by Crippen LogP contribution is 2.21. The monoisotopic (exact) mass is 381 g/mol. The molecule has 0 aliphatic rings. The van der Waals surface area contributed by atoms with Crippen LogP contribution >= 0.6 is 0 Å². The van der Waals surface area contributed by atoms with Crippen molar-refractivity contribution >= 4 is 5.91 Å². The Morgan fingerprint density at radius 1 is 1.14 bits per heavy atom. The molecule has 0 heterocycles. The molecule has 2 rings (SSSR count). The van der Waals surface area contributed by atoms with Crippen LogP contribution in [0.25, 0.3) is 0 Å². The van der Waals surface area contributed by atoms with Gasteiger partial charge in [0, 0.05) is 20.2 Å². The van der Waals surface area contributed by atoms with Gasteiger partial charge in [-0.05, 0) is 55.9 Å². The van der Waals surface area contributed by atoms with Crippen LogP contribution in [0.3, 0.4) is 0 Å². The highest BCUT2D eigenvalue weighted by molar-refractivity contribution is 5.82. The summed E-state index contributed by atoms with van der Waals surface area (Å²) in [5.74, 6) is 0.557. The molecule has 28 heavy (non-hydrogen) atoms. The lowest BCUT2D eigenvalue weighted by molar-refractivity contribution is -0.131. The van der Waals surface area contributed by atoms with Gasteiger partial charge in [0.1, 0.15) is 5.75 Å². The van der Waals surface area contributed by atoms with Crippen molar-refractivity contribution in [3.8, 4) is 11.8 Å². The van der Waals surface area contributed by atoms with Crippen molar-refractivity contribution in [1.29, 1.82) is 5.26 Å². The molecule has 1 atom stereocenters. The lowest BCUT2D eigenvalue weighted by atomic mass is 10.1. The number of nitriles is 1. The van der Waals surface area contributed by atoms with Crippen LogP contribution in [0, 0.1) is 11.3 Å². The average Bonchev–Trinajstić information content (AvgIpc) is 2.71. The first-order valence-electron chi connectivity index (χ1n) is 9.20. The number of benzene rings is 2. The van der Waals surface area contributed by atoms with Crippen LogP contribution in [0.15, 0.2) is 48.5 Å². The molecule has 0 aliphatic heterocycles. The van der Waals surface area contributed by atoms with E-state index in [-0.39, 0.29) is 5.91 Å². The summed E-state index contributed by atoms with van der Waals surface area (Å²) >= 11 is 0. The Balaban J connectivity index is 1.88. The standard InChI is InChI=1S/C22H27N3O3/c1-25(2)13-4-14-28-20-11-9-19(10-12-20)21(27-3)22(26)24-16-18-7-5-17(15-23)6-8-18/h5-12,21H,4,13-14,16H2,1-3H3,(H,24,26). The largest absolute Gasteiger partial charge is 0.494 e. The molecule has 2 aromatic rings. The van der Waals surface area contributed by atoms with Gasteiger partial charge in [0.25, 0.3) is 5.91 Å². The second-order valence-electron chi connectivity index (χ2n) is 6.72. The minimum absolute atomic E-state index is 0.216. The van der Waals surface area contributed by atoms with E-state index in [1.807, 2.05) is 50.5 Å². The first-order valence-corrected chi connectivity index (χ1v) is 9.20. The number of methoxy groups -OCH3 is 1. The zero-order chi connectivity index (χ0) is 20.4. The van der Waals surface area contributed by atoms with Gasteiger partial charge in [-0.3, -0.25) is 4.79 Å². The van der Waals surface area contributed by atoms with Crippen molar-refractivity contribution in [3.63, 3.8) is 0 Å². The highest BCUT2D eigenvalue weighted by Gasteiger charge is 2.19. The van der Waals surface area contributed by atoms with Gasteiger partial charge >= 0.3 is 0 Å². The number of hydrogen-bond acceptors (Lipinski definition) is 5. The fourth-order valence-electron chi connectivity index (χ4n) is 2.68. The van der Waals surface area contributed by atoms with Gasteiger partial charge < -0.3 is 19.7 Å². The first-order chi connectivity index (χ1) is 13.5. The predicted octanol–water partition coefficient (Wildman–Crippen LogP) is 2.89. The van der Waals surface area contributed by atoms with Crippen molar-refractivity contribution in [2.24, 2.45) is 0 Å². The molecule has 0 saturated heterocycles. The number of rotatable bonds is 10. The Labute approximate surface area is 166 Å². The van der Waals surface area contributed by atoms with Gasteiger partial charge in [0.05, 0.1) is 18.2 Å². The lowest BCUT2D eigenvalue weighted by Gasteiger charge is -2.16. The molecular weight excluding hydrogens is 354 g/mol. The van der Waals surface area contributed by atoms with E-state index in [1.54, 1.807) is 12.1 Å². The van der Waals surface area contributed by atoms with Crippen molar-refractivity contribution in [2.45, 2.75) is 19.1 Å². The van der Waals surface area contributed by atoms with Crippen LogP contribution in [0.1, 0.15) is 29.2 Å². The van der Waals surface area contributed by atoms with E-state index < -0.39 is 6.10 Å². The van der Waals surface area contributed by atoms with Crippen molar-refractivity contribution in [1.82, 2.24) is 10.2 Å². The molecule has 0 aliphatic carbocycles. The van der Waals surface area contributed by atoms with Gasteiger partial charge in [-0.25, -0.2) is 0 Å². The van der Waals surface area contributed by atoms with Crippen LogP contribution in [0.2, 0.25) is 0 Å². The van der Waals surface area contributed by atoms with E-state index in [9.17, 15) is 4.79 Å². The SMILES string of the molecule is COC(C(=O)NCc1ccc(C#N)cc1)c1ccc(OCCCN(C)C)cc1. The smallest absolute Gasteiger partial charge is 0.254 e. The average molecular weight is 381 g/mol. The Morgan fingerprint density at radius 3 is 2.39 bits per heavy atom. The molecule has 6 heteroatoms. The summed E-state index contributed by atoms with van der Waals surface area (Å²) < 4.78 is 11.1. The summed E-state index contributed by atoms with van der Waals surface area (Å²) in [5.41, 5.74) is 2.28. The Bertz CT molecular complexity index is 780. The van der Waals surface area contributed by atoms with Gasteiger partial charge in [-0.15, -0.1) is 0 Å². The van der Waals surface area contributed by atoms with Gasteiger partial charge in [0.2, 0.25) is 0 Å². The summed E-state index contributed by atoms with van der Waals surface area (Å²) in [5, 5.41) is 11.7. The minimum Gasteiger partial charge on any atom is -0.494 e. The number of nitrogens with zero attached hydrogens (tertiary/aromatic N) is 2. The molecule has 1 amide bonds. The Hall–Kier alpha value is -2.88. The second kappa shape index (κ2) is 11.1. The molecule has 0 spiro atoms. The van der Waals surface area contributed by atoms with Crippen molar-refractivity contribution < 1.29 is 14.3 Å². The summed E-state index contributed by atoms with van der Waals surface area (Å²) in [6.45, 7) is 2.00. The number of amides is 1. The maximum atomic E-state index is 12.5. The van der Waals surface area contributed by atoms with E-state index in [0.29, 0.717) is 18.7 Å². The van der Waals surface area contributed by atoms with E-state index in [0.717, 1.165) is 29.8 Å². The predicted molar refractivity (Wildman–Crippen MR) is 108 cm³/mol. The topological polar surface area (TPSA) is 74.6 Å². The number of ether oxygens (including phenoxy) is 2. The molecule has 6 nitrogen and oxygen atoms in total. The van der Waals surface area contributed by atoms with E-state index >= 15 is 0 Å². The van der Waals surface area contributed by atoms with Gasteiger partial charge in [-0.2, -0.15) is 5.26 Å². The molecule has 0 fully saturated rings. The number of nitrogens with one attached hydrogen (secondary N) is 1. The van der Waals surface area contributed by atoms with Crippen molar-refractivity contribution in [3.05, 3.63) is 65.2 Å². The summed E-state index contributed by atoms with van der Waals surface area (Å²) in [6.07, 6.45) is 0.258. The van der Waals surface area contributed by atoms with Crippen LogP contribution in [-0.2, 0) is 16.1 Å². The maximum absolute atomic E-state index is 12.5. The molecule has 1 N–H and O–H groups in total. The fraction of sp³-hybridized carbons (Fsp3) is 0.364. The van der Waals surface area contributed by atoms with Gasteiger partial charge in [0.15, 0.2) is 6.10 Å². The molecule has 148 valence electrons. The summed E-state index contributed by atoms with van der Waals surface area (Å²) in [6, 6.07) is 16.6. The third kappa shape index (κ3) is 6.69. The number of carbonyl (C=O) groups is 1. The third-order valence-corrected chi connectivity index (χ3v) is 4.22. The van der Waals surface area contributed by atoms with E-state index in [1.165, 1.54) is 7.11 Å². The normalized spacial score (nSPS) is 11.7. The molecule has 0 radical (unpaired) electrons. The summed E-state index contributed by atoms with van der Waals surface area (Å²) in [4.78, 5) is 14.6. The first kappa shape index (κ1) is 21.4. The minimum atomic E-state index is -0.693. The summed E-state index contributed by atoms with van der Waals surface area (Å²) in [7, 11) is 5.58. The second-order valence-corrected chi connectivity index (χ2v) is 6.72. The lowest BCUT2D eigenvalue weighted by Crippen LogP contribution is -2.29. The van der Waals surface area contributed by atoms with Crippen LogP contribution < -0.4 is 10.1 Å². The Morgan fingerprint density at radius 2 is 1.82 bits per heavy atom. The highest BCUT2D eigenvalue weighted by atomic mass is 16.5. The molecule has 0 saturated carbocycles. The molecule has 2 aromatic carbocycles. The van der Waals surface area contributed by atoms with Gasteiger partial charge in [-0.1, -0.05) is 24.3 Å². The molecule has 0 aromatic heterocycles. The van der Waals surface area contributed by atoms with E-state index in [2.05, 4.69) is 16.3 Å². The van der Waals surface area contributed by atoms with Crippen LogP contribution in [0.4, 0.5) is 0 Å². The molecule has 0 bridgehead atoms. The van der Waals surface area contributed by atoms with Crippen LogP contribution in [-0.4, -0.2) is 45.2 Å². The third-order valence-electron chi connectivity index (χ3n) is 4.22. The maximum Gasteiger partial charge on any atom is 0.254 e. The zero-order valence-corrected chi connectivity index (χ0v) is 16.6. The number of hydrogen-bond donors (Lipinski definition) is 1.